The number of benzene rings is 1. The van der Waals surface area contributed by atoms with Crippen molar-refractivity contribution in [3.8, 4) is 0 Å². The first-order valence-corrected chi connectivity index (χ1v) is 8.20. The topological polar surface area (TPSA) is 75.4 Å². The Bertz CT molecular complexity index is 734. The van der Waals surface area contributed by atoms with Crippen molar-refractivity contribution in [1.82, 2.24) is 14.7 Å². The molecule has 2 aromatic rings. The van der Waals surface area contributed by atoms with E-state index in [0.717, 1.165) is 18.4 Å². The molecule has 0 atom stereocenters. The summed E-state index contributed by atoms with van der Waals surface area (Å²) in [6.07, 6.45) is 4.82. The van der Waals surface area contributed by atoms with Crippen LogP contribution in [0.15, 0.2) is 36.7 Å². The quantitative estimate of drug-likeness (QED) is 0.922. The number of nitrogens with zero attached hydrogens (tertiary/aromatic N) is 3. The monoisotopic (exact) mass is 347 g/mol. The highest BCUT2D eigenvalue weighted by Gasteiger charge is 2.24. The first-order valence-electron chi connectivity index (χ1n) is 7.82. The van der Waals surface area contributed by atoms with Crippen LogP contribution in [0.3, 0.4) is 0 Å². The van der Waals surface area contributed by atoms with Crippen LogP contribution in [0.1, 0.15) is 34.8 Å². The maximum absolute atomic E-state index is 12.4. The van der Waals surface area contributed by atoms with E-state index in [2.05, 4.69) is 5.10 Å². The molecule has 1 aliphatic heterocycles. The minimum atomic E-state index is -0.975. The minimum Gasteiger partial charge on any atom is -0.478 e. The molecule has 1 saturated heterocycles. The van der Waals surface area contributed by atoms with E-state index in [4.69, 9.17) is 16.7 Å². The van der Waals surface area contributed by atoms with Gasteiger partial charge in [0.05, 0.1) is 24.2 Å². The van der Waals surface area contributed by atoms with E-state index >= 15 is 0 Å². The van der Waals surface area contributed by atoms with Crippen LogP contribution in [0.5, 0.6) is 0 Å². The Balaban J connectivity index is 1.55. The van der Waals surface area contributed by atoms with Gasteiger partial charge in [-0.05, 0) is 30.5 Å². The van der Waals surface area contributed by atoms with Gasteiger partial charge in [0.1, 0.15) is 0 Å². The number of carboxylic acid groups (broad SMARTS) is 1. The molecule has 3 rings (SSSR count). The highest BCUT2D eigenvalue weighted by molar-refractivity contribution is 6.30. The second kappa shape index (κ2) is 7.05. The van der Waals surface area contributed by atoms with Gasteiger partial charge in [-0.3, -0.25) is 9.48 Å². The molecule has 7 heteroatoms. The predicted molar refractivity (Wildman–Crippen MR) is 89.2 cm³/mol. The maximum atomic E-state index is 12.4. The number of likely N-dealkylation sites (tertiary alicyclic amines) is 1. The van der Waals surface area contributed by atoms with E-state index in [1.165, 1.54) is 6.20 Å². The highest BCUT2D eigenvalue weighted by Crippen LogP contribution is 2.23. The summed E-state index contributed by atoms with van der Waals surface area (Å²) in [7, 11) is 0. The highest BCUT2D eigenvalue weighted by atomic mass is 35.5. The maximum Gasteiger partial charge on any atom is 0.338 e. The third kappa shape index (κ3) is 3.76. The standard InChI is InChI=1S/C17H18ClN3O3/c18-14-3-1-12(2-4-14)9-16(22)20-7-5-15(6-8-20)21-11-13(10-19-21)17(23)24/h1-4,10-11,15H,5-9H2,(H,23,24). The molecular weight excluding hydrogens is 330 g/mol. The number of carbonyl (C=O) groups is 2. The van der Waals surface area contributed by atoms with E-state index in [-0.39, 0.29) is 17.5 Å². The molecule has 0 saturated carbocycles. The molecule has 0 bridgehead atoms. The van der Waals surface area contributed by atoms with Gasteiger partial charge in [0.2, 0.25) is 5.91 Å². The van der Waals surface area contributed by atoms with Gasteiger partial charge in [-0.25, -0.2) is 4.79 Å². The Kier molecular flexibility index (Phi) is 4.85. The zero-order chi connectivity index (χ0) is 17.1. The van der Waals surface area contributed by atoms with E-state index in [0.29, 0.717) is 24.5 Å². The summed E-state index contributed by atoms with van der Waals surface area (Å²) in [5.74, 6) is -0.876. The molecule has 1 aromatic heterocycles. The molecule has 1 N–H and O–H groups in total. The number of hydrogen-bond donors (Lipinski definition) is 1. The molecule has 0 unspecified atom stereocenters. The lowest BCUT2D eigenvalue weighted by molar-refractivity contribution is -0.131. The van der Waals surface area contributed by atoms with Crippen molar-refractivity contribution < 1.29 is 14.7 Å². The van der Waals surface area contributed by atoms with Crippen molar-refractivity contribution in [1.29, 1.82) is 0 Å². The molecule has 2 heterocycles. The van der Waals surface area contributed by atoms with Gasteiger partial charge in [0, 0.05) is 24.3 Å². The number of hydrogen-bond acceptors (Lipinski definition) is 3. The number of aromatic nitrogens is 2. The van der Waals surface area contributed by atoms with Gasteiger partial charge >= 0.3 is 5.97 Å². The zero-order valence-electron chi connectivity index (χ0n) is 13.1. The number of halogens is 1. The third-order valence-electron chi connectivity index (χ3n) is 4.31. The number of amides is 1. The number of piperidine rings is 1. The van der Waals surface area contributed by atoms with E-state index in [1.807, 2.05) is 17.0 Å². The minimum absolute atomic E-state index is 0.0995. The molecule has 1 amide bonds. The largest absolute Gasteiger partial charge is 0.478 e. The summed E-state index contributed by atoms with van der Waals surface area (Å²) in [6, 6.07) is 7.44. The summed E-state index contributed by atoms with van der Waals surface area (Å²) < 4.78 is 1.70. The molecule has 1 fully saturated rings. The van der Waals surface area contributed by atoms with Crippen LogP contribution in [0.25, 0.3) is 0 Å². The van der Waals surface area contributed by atoms with Crippen molar-refractivity contribution in [2.24, 2.45) is 0 Å². The third-order valence-corrected chi connectivity index (χ3v) is 4.56. The smallest absolute Gasteiger partial charge is 0.338 e. The number of carboxylic acids is 1. The fourth-order valence-corrected chi connectivity index (χ4v) is 3.04. The fraction of sp³-hybridized carbons (Fsp3) is 0.353. The van der Waals surface area contributed by atoms with Crippen LogP contribution < -0.4 is 0 Å². The molecule has 6 nitrogen and oxygen atoms in total. The molecule has 1 aromatic carbocycles. The molecule has 0 radical (unpaired) electrons. The lowest BCUT2D eigenvalue weighted by Gasteiger charge is -2.32. The van der Waals surface area contributed by atoms with Gasteiger partial charge < -0.3 is 10.0 Å². The summed E-state index contributed by atoms with van der Waals surface area (Å²) in [4.78, 5) is 25.2. The molecular formula is C17H18ClN3O3. The van der Waals surface area contributed by atoms with E-state index < -0.39 is 5.97 Å². The van der Waals surface area contributed by atoms with E-state index in [9.17, 15) is 9.59 Å². The molecule has 24 heavy (non-hydrogen) atoms. The van der Waals surface area contributed by atoms with Crippen LogP contribution in [-0.4, -0.2) is 44.8 Å². The van der Waals surface area contributed by atoms with Crippen molar-refractivity contribution in [3.63, 3.8) is 0 Å². The SMILES string of the molecule is O=C(O)c1cnn(C2CCN(C(=O)Cc3ccc(Cl)cc3)CC2)c1. The first kappa shape index (κ1) is 16.5. The van der Waals surface area contributed by atoms with Crippen LogP contribution in [-0.2, 0) is 11.2 Å². The average Bonchev–Trinajstić information content (AvgIpc) is 3.07. The van der Waals surface area contributed by atoms with Crippen LogP contribution in [0.4, 0.5) is 0 Å². The Morgan fingerprint density at radius 3 is 2.46 bits per heavy atom. The normalized spacial score (nSPS) is 15.5. The van der Waals surface area contributed by atoms with Crippen LogP contribution >= 0.6 is 11.6 Å². The van der Waals surface area contributed by atoms with Gasteiger partial charge in [-0.2, -0.15) is 5.10 Å². The molecule has 1 aliphatic rings. The second-order valence-electron chi connectivity index (χ2n) is 5.93. The van der Waals surface area contributed by atoms with Gasteiger partial charge in [-0.15, -0.1) is 0 Å². The summed E-state index contributed by atoms with van der Waals surface area (Å²) in [5, 5.41) is 13.7. The lowest BCUT2D eigenvalue weighted by atomic mass is 10.0. The lowest BCUT2D eigenvalue weighted by Crippen LogP contribution is -2.39. The molecule has 126 valence electrons. The molecule has 0 spiro atoms. The Hall–Kier alpha value is -2.34. The van der Waals surface area contributed by atoms with Crippen molar-refractivity contribution in [2.75, 3.05) is 13.1 Å². The average molecular weight is 348 g/mol. The van der Waals surface area contributed by atoms with Gasteiger partial charge in [-0.1, -0.05) is 23.7 Å². The Morgan fingerprint density at radius 1 is 1.21 bits per heavy atom. The number of carbonyl (C=O) groups excluding carboxylic acids is 1. The van der Waals surface area contributed by atoms with Crippen molar-refractivity contribution in [3.05, 3.63) is 52.8 Å². The van der Waals surface area contributed by atoms with Crippen LogP contribution in [0, 0.1) is 0 Å². The van der Waals surface area contributed by atoms with Gasteiger partial charge in [0.25, 0.3) is 0 Å². The zero-order valence-corrected chi connectivity index (χ0v) is 13.8. The summed E-state index contributed by atoms with van der Waals surface area (Å²) >= 11 is 5.85. The van der Waals surface area contributed by atoms with Crippen molar-refractivity contribution >= 4 is 23.5 Å². The fourth-order valence-electron chi connectivity index (χ4n) is 2.92. The number of aromatic carboxylic acids is 1. The van der Waals surface area contributed by atoms with Gasteiger partial charge in [0.15, 0.2) is 0 Å². The summed E-state index contributed by atoms with van der Waals surface area (Å²) in [5.41, 5.74) is 1.14. The van der Waals surface area contributed by atoms with E-state index in [1.54, 1.807) is 23.0 Å². The van der Waals surface area contributed by atoms with Crippen molar-refractivity contribution in [2.45, 2.75) is 25.3 Å². The predicted octanol–water partition coefficient (Wildman–Crippen LogP) is 2.64. The second-order valence-corrected chi connectivity index (χ2v) is 6.37. The Labute approximate surface area is 144 Å². The number of rotatable bonds is 4. The molecule has 0 aliphatic carbocycles. The summed E-state index contributed by atoms with van der Waals surface area (Å²) in [6.45, 7) is 1.30. The van der Waals surface area contributed by atoms with Crippen LogP contribution in [0.2, 0.25) is 5.02 Å². The first-order chi connectivity index (χ1) is 11.5. The Morgan fingerprint density at radius 2 is 1.88 bits per heavy atom.